The summed E-state index contributed by atoms with van der Waals surface area (Å²) in [5, 5.41) is 10.2. The number of rotatable bonds is 3. The largest absolute Gasteiger partial charge is 0.479 e. The van der Waals surface area contributed by atoms with Gasteiger partial charge in [-0.2, -0.15) is 13.2 Å². The second kappa shape index (κ2) is 5.35. The lowest BCUT2D eigenvalue weighted by molar-refractivity contribution is -0.203. The van der Waals surface area contributed by atoms with Crippen molar-refractivity contribution >= 4 is 17.7 Å². The minimum atomic E-state index is -5.13. The third kappa shape index (κ3) is 2.98. The van der Waals surface area contributed by atoms with Crippen molar-refractivity contribution in [1.29, 1.82) is 0 Å². The van der Waals surface area contributed by atoms with Gasteiger partial charge in [-0.05, 0) is 19.1 Å². The van der Waals surface area contributed by atoms with Crippen LogP contribution in [0.5, 0.6) is 0 Å². The van der Waals surface area contributed by atoms with Crippen LogP contribution in [0.1, 0.15) is 6.92 Å². The molecule has 0 fully saturated rings. The molecule has 1 aromatic heterocycles. The highest BCUT2D eigenvalue weighted by atomic mass is 19.4. The summed E-state index contributed by atoms with van der Waals surface area (Å²) in [4.78, 5) is 27.1. The molecule has 0 aliphatic heterocycles. The number of alkyl halides is 3. The molecular weight excluding hydrogens is 279 g/mol. The molecule has 9 heteroatoms. The molecule has 1 aromatic rings. The third-order valence-electron chi connectivity index (χ3n) is 2.69. The highest BCUT2D eigenvalue weighted by Crippen LogP contribution is 2.30. The molecule has 110 valence electrons. The van der Waals surface area contributed by atoms with Gasteiger partial charge < -0.3 is 10.4 Å². The van der Waals surface area contributed by atoms with E-state index in [0.717, 1.165) is 4.90 Å². The Kier molecular flexibility index (Phi) is 4.21. The number of aliphatic carboxylic acids is 1. The van der Waals surface area contributed by atoms with Gasteiger partial charge in [0.05, 0.1) is 11.9 Å². The number of anilines is 1. The molecule has 20 heavy (non-hydrogen) atoms. The monoisotopic (exact) mass is 291 g/mol. The molecule has 0 saturated carbocycles. The number of amides is 2. The van der Waals surface area contributed by atoms with Crippen molar-refractivity contribution in [3.8, 4) is 0 Å². The lowest BCUT2D eigenvalue weighted by Gasteiger charge is -2.30. The molecule has 0 spiro atoms. The van der Waals surface area contributed by atoms with E-state index in [4.69, 9.17) is 5.11 Å². The van der Waals surface area contributed by atoms with Crippen molar-refractivity contribution in [2.75, 3.05) is 11.9 Å². The fraction of sp³-hybridized carbons (Fsp3) is 0.364. The van der Waals surface area contributed by atoms with Gasteiger partial charge in [-0.1, -0.05) is 0 Å². The molecule has 6 nitrogen and oxygen atoms in total. The number of urea groups is 1. The van der Waals surface area contributed by atoms with E-state index in [1.165, 1.54) is 36.9 Å². The fourth-order valence-electron chi connectivity index (χ4n) is 1.21. The van der Waals surface area contributed by atoms with Gasteiger partial charge in [0.15, 0.2) is 0 Å². The average molecular weight is 291 g/mol. The third-order valence-corrected chi connectivity index (χ3v) is 2.69. The second-order valence-corrected chi connectivity index (χ2v) is 4.13. The van der Waals surface area contributed by atoms with E-state index < -0.39 is 23.7 Å². The van der Waals surface area contributed by atoms with Gasteiger partial charge in [-0.25, -0.2) is 9.59 Å². The van der Waals surface area contributed by atoms with Crippen LogP contribution in [-0.2, 0) is 4.79 Å². The summed E-state index contributed by atoms with van der Waals surface area (Å²) in [6, 6.07) is 1.72. The number of carbonyl (C=O) groups is 2. The molecule has 1 rings (SSSR count). The van der Waals surface area contributed by atoms with Crippen LogP contribution in [0.3, 0.4) is 0 Å². The Morgan fingerprint density at radius 3 is 2.40 bits per heavy atom. The fourth-order valence-corrected chi connectivity index (χ4v) is 1.21. The zero-order chi connectivity index (χ0) is 15.6. The molecule has 1 atom stereocenters. The van der Waals surface area contributed by atoms with E-state index in [9.17, 15) is 22.8 Å². The Morgan fingerprint density at radius 2 is 2.00 bits per heavy atom. The maximum atomic E-state index is 12.8. The Labute approximate surface area is 112 Å². The summed E-state index contributed by atoms with van der Waals surface area (Å²) in [5.41, 5.74) is -3.15. The predicted octanol–water partition coefficient (Wildman–Crippen LogP) is 1.63. The van der Waals surface area contributed by atoms with Gasteiger partial charge in [0.25, 0.3) is 0 Å². The topological polar surface area (TPSA) is 82.5 Å². The van der Waals surface area contributed by atoms with Gasteiger partial charge >= 0.3 is 18.2 Å². The van der Waals surface area contributed by atoms with E-state index in [1.54, 1.807) is 0 Å². The SMILES string of the molecule is CN(C(=O)NC(C)(C(=O)O)C(F)(F)F)c1cccnc1. The van der Waals surface area contributed by atoms with Crippen molar-refractivity contribution in [3.05, 3.63) is 24.5 Å². The van der Waals surface area contributed by atoms with E-state index in [-0.39, 0.29) is 5.69 Å². The number of halogens is 3. The summed E-state index contributed by atoms with van der Waals surface area (Å²) in [7, 11) is 1.20. The quantitative estimate of drug-likeness (QED) is 0.886. The second-order valence-electron chi connectivity index (χ2n) is 4.13. The summed E-state index contributed by atoms with van der Waals surface area (Å²) in [6.07, 6.45) is -2.46. The number of carboxylic acids is 1. The van der Waals surface area contributed by atoms with Crippen molar-refractivity contribution in [1.82, 2.24) is 10.3 Å². The predicted molar refractivity (Wildman–Crippen MR) is 63.3 cm³/mol. The highest BCUT2D eigenvalue weighted by molar-refractivity contribution is 5.95. The van der Waals surface area contributed by atoms with Crippen LogP contribution < -0.4 is 10.2 Å². The van der Waals surface area contributed by atoms with E-state index >= 15 is 0 Å². The molecular formula is C11H12F3N3O3. The van der Waals surface area contributed by atoms with Crippen LogP contribution in [0.2, 0.25) is 0 Å². The maximum absolute atomic E-state index is 12.8. The molecule has 1 unspecified atom stereocenters. The molecule has 0 saturated heterocycles. The zero-order valence-electron chi connectivity index (χ0n) is 10.6. The standard InChI is InChI=1S/C11H12F3N3O3/c1-10(8(18)19,11(12,13)14)16-9(20)17(2)7-4-3-5-15-6-7/h3-6H,1-2H3,(H,16,20)(H,18,19). The minimum absolute atomic E-state index is 0.222. The Morgan fingerprint density at radius 1 is 1.40 bits per heavy atom. The summed E-state index contributed by atoms with van der Waals surface area (Å²) < 4.78 is 38.3. The van der Waals surface area contributed by atoms with Crippen LogP contribution in [0.15, 0.2) is 24.5 Å². The first-order valence-electron chi connectivity index (χ1n) is 5.35. The van der Waals surface area contributed by atoms with Crippen LogP contribution >= 0.6 is 0 Å². The summed E-state index contributed by atoms with van der Waals surface area (Å²) in [5.74, 6) is -2.20. The summed E-state index contributed by atoms with van der Waals surface area (Å²) in [6.45, 7) is 0.379. The number of aromatic nitrogens is 1. The minimum Gasteiger partial charge on any atom is -0.479 e. The Hall–Kier alpha value is -2.32. The Balaban J connectivity index is 2.96. The van der Waals surface area contributed by atoms with Gasteiger partial charge in [0, 0.05) is 13.2 Å². The molecule has 0 radical (unpaired) electrons. The zero-order valence-corrected chi connectivity index (χ0v) is 10.6. The average Bonchev–Trinajstić information content (AvgIpc) is 2.37. The molecule has 1 heterocycles. The van der Waals surface area contributed by atoms with Crippen LogP contribution in [0.25, 0.3) is 0 Å². The number of carbonyl (C=O) groups excluding carboxylic acids is 1. The number of nitrogens with zero attached hydrogens (tertiary/aromatic N) is 2. The lowest BCUT2D eigenvalue weighted by atomic mass is 10.0. The van der Waals surface area contributed by atoms with Gasteiger partial charge in [0.2, 0.25) is 5.54 Å². The van der Waals surface area contributed by atoms with Crippen molar-refractivity contribution in [3.63, 3.8) is 0 Å². The first-order chi connectivity index (χ1) is 9.09. The van der Waals surface area contributed by atoms with Crippen molar-refractivity contribution in [2.24, 2.45) is 0 Å². The lowest BCUT2D eigenvalue weighted by Crippen LogP contribution is -2.63. The molecule has 0 bridgehead atoms. The highest BCUT2D eigenvalue weighted by Gasteiger charge is 2.58. The van der Waals surface area contributed by atoms with E-state index in [0.29, 0.717) is 6.92 Å². The molecule has 0 aromatic carbocycles. The number of hydrogen-bond donors (Lipinski definition) is 2. The number of carboxylic acid groups (broad SMARTS) is 1. The number of nitrogens with one attached hydrogen (secondary N) is 1. The smallest absolute Gasteiger partial charge is 0.422 e. The first kappa shape index (κ1) is 15.7. The van der Waals surface area contributed by atoms with E-state index in [1.807, 2.05) is 0 Å². The maximum Gasteiger partial charge on any atom is 0.422 e. The van der Waals surface area contributed by atoms with Crippen molar-refractivity contribution in [2.45, 2.75) is 18.6 Å². The van der Waals surface area contributed by atoms with Crippen molar-refractivity contribution < 1.29 is 27.9 Å². The van der Waals surface area contributed by atoms with Gasteiger partial charge in [-0.15, -0.1) is 0 Å². The first-order valence-corrected chi connectivity index (χ1v) is 5.35. The number of pyridine rings is 1. The normalized spacial score (nSPS) is 14.2. The van der Waals surface area contributed by atoms with Crippen LogP contribution in [-0.4, -0.2) is 40.9 Å². The Bertz CT molecular complexity index is 507. The summed E-state index contributed by atoms with van der Waals surface area (Å²) >= 11 is 0. The van der Waals surface area contributed by atoms with Crippen LogP contribution in [0.4, 0.5) is 23.7 Å². The van der Waals surface area contributed by atoms with Crippen LogP contribution in [0, 0.1) is 0 Å². The molecule has 0 aliphatic rings. The molecule has 2 amide bonds. The molecule has 0 aliphatic carbocycles. The van der Waals surface area contributed by atoms with Gasteiger partial charge in [-0.3, -0.25) is 9.88 Å². The number of hydrogen-bond acceptors (Lipinski definition) is 3. The molecule has 2 N–H and O–H groups in total. The van der Waals surface area contributed by atoms with Gasteiger partial charge in [0.1, 0.15) is 0 Å². The van der Waals surface area contributed by atoms with E-state index in [2.05, 4.69) is 4.98 Å².